The summed E-state index contributed by atoms with van der Waals surface area (Å²) < 4.78 is 1.75. The van der Waals surface area contributed by atoms with Crippen LogP contribution in [-0.4, -0.2) is 32.8 Å². The number of carbonyl (C=O) groups excluding carboxylic acids is 1. The SMILES string of the molecule is Cc1cc(C)n(CCC(=O)N[C@H](C(=O)O)C(C)(C)C)n1. The maximum atomic E-state index is 11.9. The highest BCUT2D eigenvalue weighted by molar-refractivity contribution is 5.84. The first-order valence-corrected chi connectivity index (χ1v) is 6.64. The lowest BCUT2D eigenvalue weighted by Gasteiger charge is -2.27. The summed E-state index contributed by atoms with van der Waals surface area (Å²) >= 11 is 0. The van der Waals surface area contributed by atoms with Crippen LogP contribution >= 0.6 is 0 Å². The number of carboxylic acids is 1. The van der Waals surface area contributed by atoms with Gasteiger partial charge in [0.15, 0.2) is 0 Å². The molecule has 0 saturated carbocycles. The molecule has 6 nitrogen and oxygen atoms in total. The minimum atomic E-state index is -1.02. The zero-order valence-electron chi connectivity index (χ0n) is 12.7. The minimum Gasteiger partial charge on any atom is -0.480 e. The molecule has 0 saturated heterocycles. The minimum absolute atomic E-state index is 0.210. The summed E-state index contributed by atoms with van der Waals surface area (Å²) in [6, 6.07) is 1.04. The summed E-state index contributed by atoms with van der Waals surface area (Å²) in [7, 11) is 0. The number of hydrogen-bond acceptors (Lipinski definition) is 3. The number of aryl methyl sites for hydroxylation is 3. The van der Waals surface area contributed by atoms with Gasteiger partial charge in [-0.1, -0.05) is 20.8 Å². The molecule has 0 bridgehead atoms. The Balaban J connectivity index is 2.59. The molecule has 0 aliphatic heterocycles. The number of hydrogen-bond donors (Lipinski definition) is 2. The van der Waals surface area contributed by atoms with Crippen molar-refractivity contribution in [2.45, 2.75) is 53.6 Å². The van der Waals surface area contributed by atoms with E-state index < -0.39 is 17.4 Å². The summed E-state index contributed by atoms with van der Waals surface area (Å²) in [4.78, 5) is 23.1. The molecule has 112 valence electrons. The number of rotatable bonds is 5. The van der Waals surface area contributed by atoms with Gasteiger partial charge in [0.25, 0.3) is 0 Å². The summed E-state index contributed by atoms with van der Waals surface area (Å²) in [6.45, 7) is 9.62. The van der Waals surface area contributed by atoms with E-state index in [1.54, 1.807) is 25.5 Å². The molecule has 1 atom stereocenters. The number of nitrogens with one attached hydrogen (secondary N) is 1. The fraction of sp³-hybridized carbons (Fsp3) is 0.643. The third-order valence-electron chi connectivity index (χ3n) is 3.07. The highest BCUT2D eigenvalue weighted by atomic mass is 16.4. The molecule has 0 aromatic carbocycles. The van der Waals surface area contributed by atoms with Crippen LogP contribution in [-0.2, 0) is 16.1 Å². The lowest BCUT2D eigenvalue weighted by Crippen LogP contribution is -2.49. The smallest absolute Gasteiger partial charge is 0.326 e. The standard InChI is InChI=1S/C14H23N3O3/c1-9-8-10(2)17(16-9)7-6-11(18)15-12(13(19)20)14(3,4)5/h8,12H,6-7H2,1-5H3,(H,15,18)(H,19,20)/t12-/m1/s1. The van der Waals surface area contributed by atoms with Crippen molar-refractivity contribution in [2.24, 2.45) is 5.41 Å². The first kappa shape index (κ1) is 16.2. The maximum Gasteiger partial charge on any atom is 0.326 e. The van der Waals surface area contributed by atoms with Crippen molar-refractivity contribution in [2.75, 3.05) is 0 Å². The van der Waals surface area contributed by atoms with Gasteiger partial charge in [-0.2, -0.15) is 5.10 Å². The van der Waals surface area contributed by atoms with Crippen LogP contribution in [0.2, 0.25) is 0 Å². The third kappa shape index (κ3) is 4.36. The summed E-state index contributed by atoms with van der Waals surface area (Å²) in [6.07, 6.45) is 0.210. The van der Waals surface area contributed by atoms with E-state index in [-0.39, 0.29) is 12.3 Å². The topological polar surface area (TPSA) is 84.2 Å². The van der Waals surface area contributed by atoms with Crippen LogP contribution in [0.3, 0.4) is 0 Å². The van der Waals surface area contributed by atoms with Crippen molar-refractivity contribution >= 4 is 11.9 Å². The van der Waals surface area contributed by atoms with Gasteiger partial charge in [-0.05, 0) is 25.3 Å². The first-order valence-electron chi connectivity index (χ1n) is 6.64. The fourth-order valence-corrected chi connectivity index (χ4v) is 1.99. The molecule has 0 aliphatic carbocycles. The Hall–Kier alpha value is -1.85. The van der Waals surface area contributed by atoms with Crippen molar-refractivity contribution in [1.29, 1.82) is 0 Å². The lowest BCUT2D eigenvalue weighted by atomic mass is 9.86. The molecule has 0 aliphatic rings. The van der Waals surface area contributed by atoms with Gasteiger partial charge in [0.1, 0.15) is 6.04 Å². The molecule has 1 aromatic heterocycles. The van der Waals surface area contributed by atoms with Crippen LogP contribution in [0, 0.1) is 19.3 Å². The molecule has 0 unspecified atom stereocenters. The van der Waals surface area contributed by atoms with Crippen molar-refractivity contribution in [3.05, 3.63) is 17.5 Å². The van der Waals surface area contributed by atoms with Gasteiger partial charge in [0, 0.05) is 18.7 Å². The van der Waals surface area contributed by atoms with Gasteiger partial charge in [-0.15, -0.1) is 0 Å². The number of carboxylic acid groups (broad SMARTS) is 1. The van der Waals surface area contributed by atoms with E-state index in [0.29, 0.717) is 6.54 Å². The van der Waals surface area contributed by atoms with Crippen molar-refractivity contribution in [3.8, 4) is 0 Å². The Morgan fingerprint density at radius 1 is 1.40 bits per heavy atom. The third-order valence-corrected chi connectivity index (χ3v) is 3.07. The monoisotopic (exact) mass is 281 g/mol. The molecule has 1 heterocycles. The largest absolute Gasteiger partial charge is 0.480 e. The molecule has 1 rings (SSSR count). The van der Waals surface area contributed by atoms with Gasteiger partial charge < -0.3 is 10.4 Å². The average Bonchev–Trinajstić information content (AvgIpc) is 2.60. The number of aliphatic carboxylic acids is 1. The number of carbonyl (C=O) groups is 2. The van der Waals surface area contributed by atoms with Crippen molar-refractivity contribution in [3.63, 3.8) is 0 Å². The van der Waals surface area contributed by atoms with Gasteiger partial charge in [-0.3, -0.25) is 9.48 Å². The predicted octanol–water partition coefficient (Wildman–Crippen LogP) is 1.51. The Labute approximate surface area is 119 Å². The molecule has 0 radical (unpaired) electrons. The van der Waals surface area contributed by atoms with Crippen molar-refractivity contribution in [1.82, 2.24) is 15.1 Å². The second kappa shape index (κ2) is 6.07. The van der Waals surface area contributed by atoms with E-state index >= 15 is 0 Å². The zero-order valence-corrected chi connectivity index (χ0v) is 12.7. The summed E-state index contributed by atoms with van der Waals surface area (Å²) in [5.41, 5.74) is 1.36. The fourth-order valence-electron chi connectivity index (χ4n) is 1.99. The number of nitrogens with zero attached hydrogens (tertiary/aromatic N) is 2. The quantitative estimate of drug-likeness (QED) is 0.856. The molecule has 6 heteroatoms. The number of aromatic nitrogens is 2. The van der Waals surface area contributed by atoms with E-state index in [2.05, 4.69) is 10.4 Å². The first-order chi connectivity index (χ1) is 9.11. The highest BCUT2D eigenvalue weighted by Gasteiger charge is 2.32. The predicted molar refractivity (Wildman–Crippen MR) is 75.3 cm³/mol. The van der Waals surface area contributed by atoms with E-state index in [9.17, 15) is 9.59 Å². The molecule has 0 spiro atoms. The Kier molecular flexibility index (Phi) is 4.92. The number of amides is 1. The second-order valence-corrected chi connectivity index (χ2v) is 6.11. The Bertz CT molecular complexity index is 500. The van der Waals surface area contributed by atoms with Gasteiger partial charge in [0.05, 0.1) is 5.69 Å². The molecule has 20 heavy (non-hydrogen) atoms. The van der Waals surface area contributed by atoms with Gasteiger partial charge in [-0.25, -0.2) is 4.79 Å². The van der Waals surface area contributed by atoms with Gasteiger partial charge in [0.2, 0.25) is 5.91 Å². The molecule has 2 N–H and O–H groups in total. The zero-order chi connectivity index (χ0) is 15.5. The molecule has 1 amide bonds. The average molecular weight is 281 g/mol. The Morgan fingerprint density at radius 3 is 2.40 bits per heavy atom. The van der Waals surface area contributed by atoms with E-state index in [4.69, 9.17) is 5.11 Å². The van der Waals surface area contributed by atoms with E-state index in [1.807, 2.05) is 19.9 Å². The lowest BCUT2D eigenvalue weighted by molar-refractivity contribution is -0.145. The molecular formula is C14H23N3O3. The van der Waals surface area contributed by atoms with Crippen LogP contribution in [0.25, 0.3) is 0 Å². The van der Waals surface area contributed by atoms with Crippen LogP contribution in [0.1, 0.15) is 38.6 Å². The van der Waals surface area contributed by atoms with Crippen LogP contribution < -0.4 is 5.32 Å². The van der Waals surface area contributed by atoms with Crippen molar-refractivity contribution < 1.29 is 14.7 Å². The maximum absolute atomic E-state index is 11.9. The Morgan fingerprint density at radius 2 is 2.00 bits per heavy atom. The van der Waals surface area contributed by atoms with E-state index in [1.165, 1.54) is 0 Å². The molecule has 1 aromatic rings. The summed E-state index contributed by atoms with van der Waals surface area (Å²) in [5.74, 6) is -1.29. The molecular weight excluding hydrogens is 258 g/mol. The second-order valence-electron chi connectivity index (χ2n) is 6.11. The van der Waals surface area contributed by atoms with Crippen LogP contribution in [0.4, 0.5) is 0 Å². The molecule has 0 fully saturated rings. The summed E-state index contributed by atoms with van der Waals surface area (Å²) in [5, 5.41) is 16.0. The van der Waals surface area contributed by atoms with Crippen LogP contribution in [0.5, 0.6) is 0 Å². The van der Waals surface area contributed by atoms with E-state index in [0.717, 1.165) is 11.4 Å². The van der Waals surface area contributed by atoms with Gasteiger partial charge >= 0.3 is 5.97 Å². The highest BCUT2D eigenvalue weighted by Crippen LogP contribution is 2.19. The van der Waals surface area contributed by atoms with Crippen LogP contribution in [0.15, 0.2) is 6.07 Å². The normalized spacial score (nSPS) is 13.1.